The van der Waals surface area contributed by atoms with Gasteiger partial charge in [-0.25, -0.2) is 4.79 Å². The monoisotopic (exact) mass is 472 g/mol. The molecule has 0 fully saturated rings. The number of anilines is 2. The summed E-state index contributed by atoms with van der Waals surface area (Å²) in [4.78, 5) is 39.6. The molecule has 0 aliphatic carbocycles. The van der Waals surface area contributed by atoms with Crippen LogP contribution in [0.15, 0.2) is 53.9 Å². The molecule has 1 N–H and O–H groups in total. The zero-order chi connectivity index (χ0) is 23.3. The summed E-state index contributed by atoms with van der Waals surface area (Å²) in [5.74, 6) is -1.12. The first-order valence-corrected chi connectivity index (χ1v) is 10.8. The van der Waals surface area contributed by atoms with Gasteiger partial charge < -0.3 is 19.7 Å². The predicted octanol–water partition coefficient (Wildman–Crippen LogP) is 4.79. The zero-order valence-electron chi connectivity index (χ0n) is 17.7. The third kappa shape index (κ3) is 5.27. The zero-order valence-corrected chi connectivity index (χ0v) is 19.3. The number of halogens is 1. The Morgan fingerprint density at radius 2 is 1.88 bits per heavy atom. The van der Waals surface area contributed by atoms with Gasteiger partial charge in [0.25, 0.3) is 11.8 Å². The van der Waals surface area contributed by atoms with Crippen molar-refractivity contribution < 1.29 is 23.9 Å². The number of amides is 2. The number of ether oxygens (including phenoxy) is 2. The van der Waals surface area contributed by atoms with E-state index in [-0.39, 0.29) is 11.5 Å². The Morgan fingerprint density at radius 3 is 2.56 bits per heavy atom. The number of rotatable bonds is 7. The van der Waals surface area contributed by atoms with E-state index in [9.17, 15) is 14.4 Å². The molecule has 1 aromatic heterocycles. The summed E-state index contributed by atoms with van der Waals surface area (Å²) in [6.45, 7) is 1.28. The summed E-state index contributed by atoms with van der Waals surface area (Å²) < 4.78 is 10.4. The number of benzene rings is 2. The molecule has 0 aliphatic heterocycles. The number of thiophene rings is 1. The number of carbonyl (C=O) groups excluding carboxylic acids is 3. The molecule has 0 bridgehead atoms. The number of aryl methyl sites for hydroxylation is 1. The van der Waals surface area contributed by atoms with E-state index in [1.807, 2.05) is 0 Å². The maximum Gasteiger partial charge on any atom is 0.340 e. The van der Waals surface area contributed by atoms with Crippen molar-refractivity contribution in [1.82, 2.24) is 0 Å². The van der Waals surface area contributed by atoms with E-state index < -0.39 is 18.5 Å². The van der Waals surface area contributed by atoms with Crippen molar-refractivity contribution in [2.75, 3.05) is 31.0 Å². The summed E-state index contributed by atoms with van der Waals surface area (Å²) in [5, 5.41) is 4.95. The van der Waals surface area contributed by atoms with Gasteiger partial charge in [-0.1, -0.05) is 29.8 Å². The van der Waals surface area contributed by atoms with Crippen LogP contribution in [-0.4, -0.2) is 38.5 Å². The van der Waals surface area contributed by atoms with Crippen molar-refractivity contribution in [1.29, 1.82) is 0 Å². The van der Waals surface area contributed by atoms with Gasteiger partial charge in [0.15, 0.2) is 6.61 Å². The van der Waals surface area contributed by atoms with Crippen LogP contribution in [0.1, 0.15) is 25.6 Å². The Kier molecular flexibility index (Phi) is 7.50. The molecule has 2 amide bonds. The van der Waals surface area contributed by atoms with Crippen LogP contribution in [0.3, 0.4) is 0 Å². The van der Waals surface area contributed by atoms with Crippen LogP contribution < -0.4 is 15.0 Å². The molecule has 0 unspecified atom stereocenters. The van der Waals surface area contributed by atoms with E-state index in [2.05, 4.69) is 5.32 Å². The van der Waals surface area contributed by atoms with Gasteiger partial charge in [-0.3, -0.25) is 9.59 Å². The second kappa shape index (κ2) is 10.3. The molecule has 0 spiro atoms. The van der Waals surface area contributed by atoms with E-state index in [1.54, 1.807) is 67.9 Å². The quantitative estimate of drug-likeness (QED) is 0.500. The maximum absolute atomic E-state index is 12.7. The smallest absolute Gasteiger partial charge is 0.340 e. The Hall–Kier alpha value is -3.36. The van der Waals surface area contributed by atoms with Crippen LogP contribution >= 0.6 is 22.9 Å². The van der Waals surface area contributed by atoms with Crippen LogP contribution in [0.4, 0.5) is 11.4 Å². The van der Waals surface area contributed by atoms with Crippen molar-refractivity contribution in [3.8, 4) is 5.75 Å². The normalized spacial score (nSPS) is 10.4. The van der Waals surface area contributed by atoms with E-state index in [4.69, 9.17) is 21.1 Å². The first-order valence-electron chi connectivity index (χ1n) is 9.53. The first-order chi connectivity index (χ1) is 15.3. The summed E-state index contributed by atoms with van der Waals surface area (Å²) >= 11 is 7.39. The number of para-hydroxylation sites is 1. The van der Waals surface area contributed by atoms with Gasteiger partial charge in [0.05, 0.1) is 28.9 Å². The van der Waals surface area contributed by atoms with Gasteiger partial charge >= 0.3 is 5.97 Å². The fourth-order valence-electron chi connectivity index (χ4n) is 2.94. The van der Waals surface area contributed by atoms with E-state index in [0.29, 0.717) is 27.0 Å². The molecule has 0 atom stereocenters. The number of nitrogens with one attached hydrogen (secondary N) is 1. The number of esters is 1. The molecule has 2 aromatic carbocycles. The average Bonchev–Trinajstić information content (AvgIpc) is 3.33. The van der Waals surface area contributed by atoms with Gasteiger partial charge in [0.1, 0.15) is 5.75 Å². The van der Waals surface area contributed by atoms with Crippen LogP contribution in [-0.2, 0) is 9.53 Å². The Balaban J connectivity index is 1.69. The Bertz CT molecular complexity index is 1150. The number of methoxy groups -OCH3 is 1. The number of carbonyl (C=O) groups is 3. The van der Waals surface area contributed by atoms with E-state index in [1.165, 1.54) is 23.3 Å². The molecule has 0 radical (unpaired) electrons. The lowest BCUT2D eigenvalue weighted by Crippen LogP contribution is -2.28. The van der Waals surface area contributed by atoms with Gasteiger partial charge in [-0.15, -0.1) is 11.3 Å². The van der Waals surface area contributed by atoms with Gasteiger partial charge in [0, 0.05) is 18.1 Å². The first kappa shape index (κ1) is 23.3. The summed E-state index contributed by atoms with van der Waals surface area (Å²) in [7, 11) is 3.04. The van der Waals surface area contributed by atoms with Crippen molar-refractivity contribution in [3.05, 3.63) is 74.9 Å². The number of hydrogen-bond donors (Lipinski definition) is 1. The molecule has 166 valence electrons. The van der Waals surface area contributed by atoms with Crippen molar-refractivity contribution in [3.63, 3.8) is 0 Å². The maximum atomic E-state index is 12.7. The highest BCUT2D eigenvalue weighted by Gasteiger charge is 2.22. The number of nitrogens with zero attached hydrogens (tertiary/aromatic N) is 1. The second-order valence-corrected chi connectivity index (χ2v) is 8.14. The van der Waals surface area contributed by atoms with Crippen LogP contribution in [0.2, 0.25) is 5.02 Å². The minimum atomic E-state index is -0.721. The number of hydrogen-bond acceptors (Lipinski definition) is 6. The molecule has 0 saturated carbocycles. The van der Waals surface area contributed by atoms with E-state index in [0.717, 1.165) is 5.56 Å². The van der Waals surface area contributed by atoms with E-state index >= 15 is 0 Å². The lowest BCUT2D eigenvalue weighted by Gasteiger charge is -2.19. The van der Waals surface area contributed by atoms with Crippen LogP contribution in [0, 0.1) is 6.92 Å². The summed E-state index contributed by atoms with van der Waals surface area (Å²) in [5.41, 5.74) is 1.73. The second-order valence-electron chi connectivity index (χ2n) is 6.78. The molecular weight excluding hydrogens is 452 g/mol. The fourth-order valence-corrected chi connectivity index (χ4v) is 3.79. The molecule has 0 aliphatic rings. The standard InChI is InChI=1S/C23H21ClN2O5S/c1-14-11-17(19(30-3)12-16(14)24)25-21(27)13-31-23(29)15-7-4-5-8-18(15)26(2)22(28)20-9-6-10-32-20/h4-12H,13H2,1-3H3,(H,25,27). The lowest BCUT2D eigenvalue weighted by atomic mass is 10.1. The molecule has 3 rings (SSSR count). The summed E-state index contributed by atoms with van der Waals surface area (Å²) in [6.07, 6.45) is 0. The van der Waals surface area contributed by atoms with Crippen molar-refractivity contribution >= 4 is 52.1 Å². The Morgan fingerprint density at radius 1 is 1.12 bits per heavy atom. The molecule has 32 heavy (non-hydrogen) atoms. The average molecular weight is 473 g/mol. The predicted molar refractivity (Wildman–Crippen MR) is 125 cm³/mol. The Labute approximate surface area is 194 Å². The highest BCUT2D eigenvalue weighted by molar-refractivity contribution is 7.12. The third-order valence-corrected chi connectivity index (χ3v) is 5.88. The fraction of sp³-hybridized carbons (Fsp3) is 0.174. The minimum absolute atomic E-state index is 0.174. The molecular formula is C23H21ClN2O5S. The summed E-state index contributed by atoms with van der Waals surface area (Å²) in [6, 6.07) is 13.3. The highest BCUT2D eigenvalue weighted by atomic mass is 35.5. The lowest BCUT2D eigenvalue weighted by molar-refractivity contribution is -0.119. The topological polar surface area (TPSA) is 84.9 Å². The van der Waals surface area contributed by atoms with Gasteiger partial charge in [-0.05, 0) is 42.1 Å². The van der Waals surface area contributed by atoms with Gasteiger partial charge in [-0.2, -0.15) is 0 Å². The van der Waals surface area contributed by atoms with Crippen molar-refractivity contribution in [2.24, 2.45) is 0 Å². The largest absolute Gasteiger partial charge is 0.495 e. The van der Waals surface area contributed by atoms with Crippen molar-refractivity contribution in [2.45, 2.75) is 6.92 Å². The minimum Gasteiger partial charge on any atom is -0.495 e. The van der Waals surface area contributed by atoms with Crippen LogP contribution in [0.25, 0.3) is 0 Å². The third-order valence-electron chi connectivity index (χ3n) is 4.61. The highest BCUT2D eigenvalue weighted by Crippen LogP contribution is 2.31. The SMILES string of the molecule is COc1cc(Cl)c(C)cc1NC(=O)COC(=O)c1ccccc1N(C)C(=O)c1cccs1. The van der Waals surface area contributed by atoms with Crippen LogP contribution in [0.5, 0.6) is 5.75 Å². The molecule has 0 saturated heterocycles. The molecule has 1 heterocycles. The van der Waals surface area contributed by atoms with Gasteiger partial charge in [0.2, 0.25) is 0 Å². The molecule has 9 heteroatoms. The molecule has 3 aromatic rings. The molecule has 7 nitrogen and oxygen atoms in total.